The van der Waals surface area contributed by atoms with E-state index in [4.69, 9.17) is 0 Å². The fourth-order valence-electron chi connectivity index (χ4n) is 3.99. The molecule has 5 nitrogen and oxygen atoms in total. The Labute approximate surface area is 147 Å². The van der Waals surface area contributed by atoms with Crippen molar-refractivity contribution in [2.45, 2.75) is 46.2 Å². The van der Waals surface area contributed by atoms with Crippen LogP contribution in [0.25, 0.3) is 0 Å². The molecule has 2 aromatic rings. The number of hydrogen-bond acceptors (Lipinski definition) is 2. The number of carbonyl (C=O) groups is 2. The van der Waals surface area contributed by atoms with Crippen LogP contribution in [0.4, 0.5) is 0 Å². The first kappa shape index (κ1) is 17.3. The van der Waals surface area contributed by atoms with E-state index in [1.165, 1.54) is 4.90 Å². The molecule has 0 aliphatic carbocycles. The minimum Gasteiger partial charge on any atom is -0.479 e. The largest absolute Gasteiger partial charge is 0.479 e. The second-order valence-corrected chi connectivity index (χ2v) is 6.94. The van der Waals surface area contributed by atoms with Crippen LogP contribution >= 0.6 is 0 Å². The maximum atomic E-state index is 13.2. The second kappa shape index (κ2) is 6.39. The summed E-state index contributed by atoms with van der Waals surface area (Å²) in [5.74, 6) is -1.19. The van der Waals surface area contributed by atoms with Gasteiger partial charge >= 0.3 is 5.97 Å². The van der Waals surface area contributed by atoms with Gasteiger partial charge in [-0.1, -0.05) is 24.3 Å². The minimum absolute atomic E-state index is 0.207. The van der Waals surface area contributed by atoms with Crippen LogP contribution in [0.15, 0.2) is 30.3 Å². The van der Waals surface area contributed by atoms with Gasteiger partial charge in [-0.15, -0.1) is 0 Å². The number of amides is 1. The summed E-state index contributed by atoms with van der Waals surface area (Å²) in [7, 11) is 0. The molecule has 25 heavy (non-hydrogen) atoms. The smallest absolute Gasteiger partial charge is 0.331 e. The van der Waals surface area contributed by atoms with Crippen LogP contribution in [-0.4, -0.2) is 33.0 Å². The quantitative estimate of drug-likeness (QED) is 0.930. The van der Waals surface area contributed by atoms with Crippen LogP contribution in [0.3, 0.4) is 0 Å². The van der Waals surface area contributed by atoms with Crippen molar-refractivity contribution in [2.75, 3.05) is 6.54 Å². The van der Waals surface area contributed by atoms with Crippen LogP contribution in [0, 0.1) is 13.8 Å². The molecule has 1 aromatic carbocycles. The molecule has 0 spiro atoms. The van der Waals surface area contributed by atoms with Crippen molar-refractivity contribution in [3.63, 3.8) is 0 Å². The van der Waals surface area contributed by atoms with Gasteiger partial charge in [0.2, 0.25) is 0 Å². The Balaban J connectivity index is 2.03. The molecular formula is C20H24N2O3. The van der Waals surface area contributed by atoms with Crippen LogP contribution in [0.1, 0.15) is 58.8 Å². The first-order valence-corrected chi connectivity index (χ1v) is 8.63. The van der Waals surface area contributed by atoms with Gasteiger partial charge in [-0.05, 0) is 51.3 Å². The first-order valence-electron chi connectivity index (χ1n) is 8.63. The van der Waals surface area contributed by atoms with E-state index >= 15 is 0 Å². The highest BCUT2D eigenvalue weighted by molar-refractivity contribution is 5.98. The highest BCUT2D eigenvalue weighted by atomic mass is 16.4. The van der Waals surface area contributed by atoms with E-state index in [9.17, 15) is 14.7 Å². The molecule has 0 fully saturated rings. The summed E-state index contributed by atoms with van der Waals surface area (Å²) in [5.41, 5.74) is 4.22. The number of carbonyl (C=O) groups excluding carboxylic acids is 1. The molecule has 0 bridgehead atoms. The van der Waals surface area contributed by atoms with Crippen molar-refractivity contribution in [2.24, 2.45) is 0 Å². The molecule has 2 heterocycles. The number of aromatic nitrogens is 1. The Morgan fingerprint density at radius 3 is 2.48 bits per heavy atom. The van der Waals surface area contributed by atoms with Crippen LogP contribution < -0.4 is 0 Å². The predicted molar refractivity (Wildman–Crippen MR) is 95.9 cm³/mol. The number of nitrogens with zero attached hydrogens (tertiary/aromatic N) is 2. The van der Waals surface area contributed by atoms with Gasteiger partial charge in [0.25, 0.3) is 5.91 Å². The average Bonchev–Trinajstić information content (AvgIpc) is 2.87. The fraction of sp³-hybridized carbons (Fsp3) is 0.400. The van der Waals surface area contributed by atoms with Gasteiger partial charge in [0.15, 0.2) is 6.04 Å². The van der Waals surface area contributed by atoms with Gasteiger partial charge in [-0.2, -0.15) is 0 Å². The maximum absolute atomic E-state index is 13.2. The van der Waals surface area contributed by atoms with Crippen molar-refractivity contribution in [1.82, 2.24) is 9.47 Å². The molecule has 1 aliphatic rings. The molecule has 132 valence electrons. The van der Waals surface area contributed by atoms with E-state index in [-0.39, 0.29) is 11.9 Å². The Morgan fingerprint density at radius 1 is 1.20 bits per heavy atom. The van der Waals surface area contributed by atoms with E-state index in [1.807, 2.05) is 44.2 Å². The van der Waals surface area contributed by atoms with Gasteiger partial charge in [-0.3, -0.25) is 4.79 Å². The topological polar surface area (TPSA) is 62.5 Å². The normalized spacial score (nSPS) is 16.8. The number of aliphatic carboxylic acids is 1. The van der Waals surface area contributed by atoms with Gasteiger partial charge in [0, 0.05) is 24.0 Å². The summed E-state index contributed by atoms with van der Waals surface area (Å²) in [6, 6.07) is 8.68. The third kappa shape index (κ3) is 2.84. The van der Waals surface area contributed by atoms with Crippen molar-refractivity contribution in [3.8, 4) is 0 Å². The molecule has 1 N–H and O–H groups in total. The van der Waals surface area contributed by atoms with Gasteiger partial charge in [0.05, 0.1) is 5.56 Å². The fourth-order valence-corrected chi connectivity index (χ4v) is 3.99. The highest BCUT2D eigenvalue weighted by Crippen LogP contribution is 2.32. The van der Waals surface area contributed by atoms with E-state index in [2.05, 4.69) is 18.4 Å². The summed E-state index contributed by atoms with van der Waals surface area (Å²) < 4.78 is 2.11. The van der Waals surface area contributed by atoms with Crippen molar-refractivity contribution >= 4 is 11.9 Å². The summed E-state index contributed by atoms with van der Waals surface area (Å²) in [5, 5.41) is 9.77. The van der Waals surface area contributed by atoms with Crippen LogP contribution in [0.5, 0.6) is 0 Å². The molecule has 5 heteroatoms. The van der Waals surface area contributed by atoms with Crippen molar-refractivity contribution < 1.29 is 14.7 Å². The molecule has 1 aliphatic heterocycles. The molecule has 1 amide bonds. The number of hydrogen-bond donors (Lipinski definition) is 1. The van der Waals surface area contributed by atoms with Gasteiger partial charge in [-0.25, -0.2) is 4.79 Å². The first-order chi connectivity index (χ1) is 11.8. The molecule has 0 saturated carbocycles. The average molecular weight is 340 g/mol. The van der Waals surface area contributed by atoms with E-state index in [1.54, 1.807) is 0 Å². The zero-order valence-corrected chi connectivity index (χ0v) is 15.1. The molecule has 1 atom stereocenters. The molecule has 1 unspecified atom stereocenters. The summed E-state index contributed by atoms with van der Waals surface area (Å²) >= 11 is 0. The van der Waals surface area contributed by atoms with Crippen LogP contribution in [-0.2, 0) is 11.2 Å². The lowest BCUT2D eigenvalue weighted by molar-refractivity contribution is -0.143. The Bertz CT molecular complexity index is 835. The number of rotatable bonds is 3. The number of aryl methyl sites for hydroxylation is 1. The zero-order chi connectivity index (χ0) is 18.3. The monoisotopic (exact) mass is 340 g/mol. The Hall–Kier alpha value is -2.56. The van der Waals surface area contributed by atoms with E-state index in [0.717, 1.165) is 17.0 Å². The number of carboxylic acids is 1. The summed E-state index contributed by atoms with van der Waals surface area (Å²) in [6.07, 6.45) is 0.675. The maximum Gasteiger partial charge on any atom is 0.331 e. The van der Waals surface area contributed by atoms with E-state index in [0.29, 0.717) is 24.1 Å². The molecule has 3 rings (SSSR count). The van der Waals surface area contributed by atoms with Crippen molar-refractivity contribution in [3.05, 3.63) is 58.4 Å². The van der Waals surface area contributed by atoms with Crippen LogP contribution in [0.2, 0.25) is 0 Å². The lowest BCUT2D eigenvalue weighted by Gasteiger charge is -2.34. The van der Waals surface area contributed by atoms with Gasteiger partial charge in [0.1, 0.15) is 0 Å². The predicted octanol–water partition coefficient (Wildman–Crippen LogP) is 3.51. The number of benzene rings is 1. The lowest BCUT2D eigenvalue weighted by Crippen LogP contribution is -2.43. The van der Waals surface area contributed by atoms with E-state index < -0.39 is 12.0 Å². The lowest BCUT2D eigenvalue weighted by atomic mass is 9.92. The molecule has 1 aromatic heterocycles. The van der Waals surface area contributed by atoms with Gasteiger partial charge < -0.3 is 14.6 Å². The standard InChI is InChI=1S/C20H24N2O3/c1-12(2)22-13(3)11-17(14(22)4)19(23)21-10-9-15-7-5-6-8-16(15)18(21)20(24)25/h5-8,11-12,18H,9-10H2,1-4H3,(H,24,25). The third-order valence-corrected chi connectivity index (χ3v) is 5.01. The third-order valence-electron chi connectivity index (χ3n) is 5.01. The number of carboxylic acid groups (broad SMARTS) is 1. The molecule has 0 radical (unpaired) electrons. The Morgan fingerprint density at radius 2 is 1.88 bits per heavy atom. The zero-order valence-electron chi connectivity index (χ0n) is 15.1. The number of fused-ring (bicyclic) bond motifs is 1. The SMILES string of the molecule is Cc1cc(C(=O)N2CCc3ccccc3C2C(=O)O)c(C)n1C(C)C. The summed E-state index contributed by atoms with van der Waals surface area (Å²) in [4.78, 5) is 26.6. The highest BCUT2D eigenvalue weighted by Gasteiger charge is 2.37. The summed E-state index contributed by atoms with van der Waals surface area (Å²) in [6.45, 7) is 8.47. The second-order valence-electron chi connectivity index (χ2n) is 6.94. The molecular weight excluding hydrogens is 316 g/mol. The Kier molecular flexibility index (Phi) is 4.41. The minimum atomic E-state index is -0.988. The van der Waals surface area contributed by atoms with Crippen molar-refractivity contribution in [1.29, 1.82) is 0 Å². The molecule has 0 saturated heterocycles.